The van der Waals surface area contributed by atoms with Crippen LogP contribution in [-0.2, 0) is 0 Å². The Balaban J connectivity index is 3.41. The first kappa shape index (κ1) is 9.87. The summed E-state index contributed by atoms with van der Waals surface area (Å²) in [6.07, 6.45) is -2.77. The predicted octanol–water partition coefficient (Wildman–Crippen LogP) is 2.85. The molecule has 0 fully saturated rings. The van der Waals surface area contributed by atoms with E-state index in [-0.39, 0.29) is 10.7 Å². The minimum Gasteiger partial charge on any atom is -0.242 e. The van der Waals surface area contributed by atoms with Crippen molar-refractivity contribution >= 4 is 11.6 Å². The molecule has 1 rings (SSSR count). The topological polar surface area (TPSA) is 36.7 Å². The summed E-state index contributed by atoms with van der Waals surface area (Å²) in [6.45, 7) is 1.59. The van der Waals surface area contributed by atoms with Crippen molar-refractivity contribution in [1.82, 2.24) is 4.98 Å². The summed E-state index contributed by atoms with van der Waals surface area (Å²) < 4.78 is 24.7. The molecule has 0 atom stereocenters. The van der Waals surface area contributed by atoms with Gasteiger partial charge in [-0.2, -0.15) is 5.26 Å². The van der Waals surface area contributed by atoms with Crippen LogP contribution in [0.5, 0.6) is 0 Å². The lowest BCUT2D eigenvalue weighted by Gasteiger charge is -2.05. The maximum absolute atomic E-state index is 12.3. The Morgan fingerprint density at radius 1 is 1.62 bits per heavy atom. The Bertz CT molecular complexity index is 371. The van der Waals surface area contributed by atoms with Gasteiger partial charge in [-0.3, -0.25) is 0 Å². The molecule has 0 aliphatic heterocycles. The Morgan fingerprint density at radius 2 is 2.23 bits per heavy atom. The van der Waals surface area contributed by atoms with Crippen LogP contribution in [0.2, 0.25) is 5.02 Å². The van der Waals surface area contributed by atoms with Gasteiger partial charge in [-0.05, 0) is 13.0 Å². The zero-order valence-corrected chi connectivity index (χ0v) is 7.44. The van der Waals surface area contributed by atoms with Crippen LogP contribution in [0.1, 0.15) is 23.4 Å². The number of rotatable bonds is 1. The van der Waals surface area contributed by atoms with Gasteiger partial charge in [0, 0.05) is 5.69 Å². The number of halogens is 3. The van der Waals surface area contributed by atoms with Crippen LogP contribution in [0.4, 0.5) is 8.78 Å². The molecule has 0 spiro atoms. The Hall–Kier alpha value is -1.21. The Morgan fingerprint density at radius 3 is 2.69 bits per heavy atom. The van der Waals surface area contributed by atoms with Gasteiger partial charge in [0.25, 0.3) is 6.43 Å². The number of nitriles is 1. The lowest BCUT2D eigenvalue weighted by Crippen LogP contribution is -1.97. The van der Waals surface area contributed by atoms with Crippen LogP contribution in [0.25, 0.3) is 0 Å². The van der Waals surface area contributed by atoms with E-state index in [9.17, 15) is 8.78 Å². The standard InChI is InChI=1S/C8H5ClF2N2/c1-4-2-5(9)7(8(10)11)6(3-12)13-4/h2,8H,1H3. The van der Waals surface area contributed by atoms with E-state index in [1.54, 1.807) is 13.0 Å². The first-order valence-corrected chi connectivity index (χ1v) is 3.79. The molecule has 0 saturated heterocycles. The molecule has 1 heterocycles. The van der Waals surface area contributed by atoms with Crippen molar-refractivity contribution < 1.29 is 8.78 Å². The highest BCUT2D eigenvalue weighted by atomic mass is 35.5. The molecule has 68 valence electrons. The van der Waals surface area contributed by atoms with Crippen LogP contribution in [0.15, 0.2) is 6.07 Å². The second-order valence-corrected chi connectivity index (χ2v) is 2.83. The van der Waals surface area contributed by atoms with Gasteiger partial charge in [0.2, 0.25) is 0 Å². The molecule has 0 radical (unpaired) electrons. The number of pyridine rings is 1. The van der Waals surface area contributed by atoms with Crippen molar-refractivity contribution in [3.05, 3.63) is 28.0 Å². The number of aryl methyl sites for hydroxylation is 1. The summed E-state index contributed by atoms with van der Waals surface area (Å²) >= 11 is 5.54. The van der Waals surface area contributed by atoms with E-state index in [0.29, 0.717) is 5.69 Å². The van der Waals surface area contributed by atoms with Gasteiger partial charge < -0.3 is 0 Å². The first-order valence-electron chi connectivity index (χ1n) is 3.41. The summed E-state index contributed by atoms with van der Waals surface area (Å²) in [5.74, 6) is 0. The molecule has 0 N–H and O–H groups in total. The Kier molecular flexibility index (Phi) is 2.79. The fourth-order valence-electron chi connectivity index (χ4n) is 0.936. The van der Waals surface area contributed by atoms with Crippen LogP contribution < -0.4 is 0 Å². The summed E-state index contributed by atoms with van der Waals surface area (Å²) in [5.41, 5.74) is -0.347. The van der Waals surface area contributed by atoms with Gasteiger partial charge >= 0.3 is 0 Å². The number of hydrogen-bond acceptors (Lipinski definition) is 2. The first-order chi connectivity index (χ1) is 6.06. The van der Waals surface area contributed by atoms with E-state index in [2.05, 4.69) is 4.98 Å². The molecule has 1 aromatic rings. The second-order valence-electron chi connectivity index (χ2n) is 2.42. The number of aromatic nitrogens is 1. The molecule has 0 aliphatic rings. The number of hydrogen-bond donors (Lipinski definition) is 0. The zero-order chi connectivity index (χ0) is 10.0. The minimum atomic E-state index is -2.77. The summed E-state index contributed by atoms with van der Waals surface area (Å²) in [5, 5.41) is 8.40. The monoisotopic (exact) mass is 202 g/mol. The van der Waals surface area contributed by atoms with Crippen molar-refractivity contribution in [2.75, 3.05) is 0 Å². The van der Waals surface area contributed by atoms with Crippen molar-refractivity contribution in [2.24, 2.45) is 0 Å². The predicted molar refractivity (Wildman–Crippen MR) is 43.7 cm³/mol. The molecule has 0 amide bonds. The average molecular weight is 203 g/mol. The van der Waals surface area contributed by atoms with Gasteiger partial charge in [0.05, 0.1) is 10.6 Å². The highest BCUT2D eigenvalue weighted by Crippen LogP contribution is 2.29. The van der Waals surface area contributed by atoms with Gasteiger partial charge in [0.1, 0.15) is 6.07 Å². The second kappa shape index (κ2) is 3.67. The number of alkyl halides is 2. The summed E-state index contributed by atoms with van der Waals surface area (Å²) in [6, 6.07) is 2.89. The third-order valence-electron chi connectivity index (χ3n) is 1.46. The van der Waals surface area contributed by atoms with Crippen molar-refractivity contribution in [3.63, 3.8) is 0 Å². The van der Waals surface area contributed by atoms with Crippen LogP contribution in [0, 0.1) is 18.3 Å². The molecule has 13 heavy (non-hydrogen) atoms. The molecule has 0 unspecified atom stereocenters. The summed E-state index contributed by atoms with van der Waals surface area (Å²) in [4.78, 5) is 3.65. The molecular formula is C8H5ClF2N2. The molecule has 1 aromatic heterocycles. The third kappa shape index (κ3) is 1.93. The van der Waals surface area contributed by atoms with E-state index in [0.717, 1.165) is 0 Å². The van der Waals surface area contributed by atoms with Crippen molar-refractivity contribution in [2.45, 2.75) is 13.3 Å². The fraction of sp³-hybridized carbons (Fsp3) is 0.250. The SMILES string of the molecule is Cc1cc(Cl)c(C(F)F)c(C#N)n1. The molecule has 0 aliphatic carbocycles. The Labute approximate surface area is 78.8 Å². The molecule has 0 aromatic carbocycles. The van der Waals surface area contributed by atoms with Gasteiger partial charge in [-0.1, -0.05) is 11.6 Å². The normalized spacial score (nSPS) is 10.2. The molecular weight excluding hydrogens is 198 g/mol. The summed E-state index contributed by atoms with van der Waals surface area (Å²) in [7, 11) is 0. The van der Waals surface area contributed by atoms with E-state index in [4.69, 9.17) is 16.9 Å². The third-order valence-corrected chi connectivity index (χ3v) is 1.77. The molecule has 5 heteroatoms. The van der Waals surface area contributed by atoms with Crippen molar-refractivity contribution in [1.29, 1.82) is 5.26 Å². The molecule has 0 bridgehead atoms. The van der Waals surface area contributed by atoms with Gasteiger partial charge in [0.15, 0.2) is 5.69 Å². The van der Waals surface area contributed by atoms with E-state index in [1.165, 1.54) is 6.07 Å². The minimum absolute atomic E-state index is 0.112. The molecule has 2 nitrogen and oxygen atoms in total. The zero-order valence-electron chi connectivity index (χ0n) is 6.68. The van der Waals surface area contributed by atoms with Gasteiger partial charge in [-0.25, -0.2) is 13.8 Å². The maximum Gasteiger partial charge on any atom is 0.268 e. The lowest BCUT2D eigenvalue weighted by molar-refractivity contribution is 0.150. The largest absolute Gasteiger partial charge is 0.268 e. The lowest BCUT2D eigenvalue weighted by atomic mass is 10.2. The fourth-order valence-corrected chi connectivity index (χ4v) is 1.27. The highest BCUT2D eigenvalue weighted by Gasteiger charge is 2.18. The highest BCUT2D eigenvalue weighted by molar-refractivity contribution is 6.31. The van der Waals surface area contributed by atoms with E-state index < -0.39 is 12.0 Å². The van der Waals surface area contributed by atoms with Crippen molar-refractivity contribution in [3.8, 4) is 6.07 Å². The van der Waals surface area contributed by atoms with Crippen LogP contribution in [-0.4, -0.2) is 4.98 Å². The average Bonchev–Trinajstić information content (AvgIpc) is 2.01. The molecule has 0 saturated carbocycles. The van der Waals surface area contributed by atoms with Gasteiger partial charge in [-0.15, -0.1) is 0 Å². The van der Waals surface area contributed by atoms with E-state index >= 15 is 0 Å². The van der Waals surface area contributed by atoms with E-state index in [1.807, 2.05) is 0 Å². The number of nitrogens with zero attached hydrogens (tertiary/aromatic N) is 2. The maximum atomic E-state index is 12.3. The quantitative estimate of drug-likeness (QED) is 0.702. The van der Waals surface area contributed by atoms with Crippen LogP contribution >= 0.6 is 11.6 Å². The van der Waals surface area contributed by atoms with Crippen LogP contribution in [0.3, 0.4) is 0 Å². The smallest absolute Gasteiger partial charge is 0.242 e.